The van der Waals surface area contributed by atoms with Gasteiger partial charge in [0, 0.05) is 21.7 Å². The molecule has 1 aliphatic heterocycles. The fraction of sp³-hybridized carbons (Fsp3) is 0.250. The molecular weight excluding hydrogens is 667 g/mol. The third-order valence-corrected chi connectivity index (χ3v) is 15.9. The van der Waals surface area contributed by atoms with E-state index in [1.54, 1.807) is 11.3 Å². The van der Waals surface area contributed by atoms with Gasteiger partial charge in [-0.15, -0.1) is 11.3 Å². The molecule has 2 heterocycles. The minimum absolute atomic E-state index is 0.164. The van der Waals surface area contributed by atoms with E-state index >= 15 is 0 Å². The van der Waals surface area contributed by atoms with Crippen molar-refractivity contribution in [2.45, 2.75) is 57.5 Å². The fourth-order valence-electron chi connectivity index (χ4n) is 7.16. The van der Waals surface area contributed by atoms with Crippen molar-refractivity contribution in [1.82, 2.24) is 5.32 Å². The molecule has 51 heavy (non-hydrogen) atoms. The van der Waals surface area contributed by atoms with Crippen molar-refractivity contribution in [2.75, 3.05) is 13.2 Å². The van der Waals surface area contributed by atoms with Crippen molar-refractivity contribution < 1.29 is 18.7 Å². The molecule has 0 aliphatic carbocycles. The maximum Gasteiger partial charge on any atom is 0.319 e. The number of nitrogens with one attached hydrogen (secondary N) is 1. The zero-order valence-electron chi connectivity index (χ0n) is 29.6. The van der Waals surface area contributed by atoms with Crippen LogP contribution >= 0.6 is 11.3 Å². The number of benzene rings is 5. The van der Waals surface area contributed by atoms with E-state index in [-0.39, 0.29) is 5.04 Å². The van der Waals surface area contributed by atoms with Crippen LogP contribution in [0.15, 0.2) is 127 Å². The highest BCUT2D eigenvalue weighted by Gasteiger charge is 2.52. The lowest BCUT2D eigenvalue weighted by Crippen LogP contribution is -2.68. The number of thiophene rings is 1. The number of aldehydes is 1. The number of hydrogen-bond donors (Lipinski definition) is 1. The summed E-state index contributed by atoms with van der Waals surface area (Å²) in [4.78, 5) is 12.4. The molecule has 0 spiro atoms. The predicted octanol–water partition coefficient (Wildman–Crippen LogP) is 10.0. The minimum Gasteiger partial charge on any atom is -0.534 e. The number of ether oxygens (including phenoxy) is 2. The average molecular weight is 712 g/mol. The first-order valence-electron chi connectivity index (χ1n) is 17.9. The summed E-state index contributed by atoms with van der Waals surface area (Å²) >= 11 is 1.67. The molecule has 0 bridgehead atoms. The van der Waals surface area contributed by atoms with Gasteiger partial charge >= 0.3 is 8.32 Å². The first-order valence-corrected chi connectivity index (χ1v) is 20.6. The molecule has 1 aliphatic rings. The van der Waals surface area contributed by atoms with Gasteiger partial charge in [0.1, 0.15) is 23.5 Å². The number of carbonyl (C=O) groups excluding carboxylic acids is 1. The Balaban J connectivity index is 1.23. The summed E-state index contributed by atoms with van der Waals surface area (Å²) in [7, 11) is -2.82. The molecule has 1 N–H and O–H groups in total. The highest BCUT2D eigenvalue weighted by atomic mass is 32.1. The second kappa shape index (κ2) is 15.3. The van der Waals surface area contributed by atoms with Crippen LogP contribution in [0.5, 0.6) is 23.0 Å². The maximum absolute atomic E-state index is 11.5. The van der Waals surface area contributed by atoms with Crippen molar-refractivity contribution in [3.05, 3.63) is 133 Å². The van der Waals surface area contributed by atoms with Gasteiger partial charge in [0.2, 0.25) is 0 Å². The SMILES string of the molecule is CC(C)(C)[Si](Oc1ccc2c(Oc3ccc(OCCC4CCCCN4)cc3)c(-c3ccc(C=O)cc3)sc2c1)(c1ccccc1)c1ccccc1. The van der Waals surface area contributed by atoms with E-state index in [1.165, 1.54) is 29.6 Å². The Labute approximate surface area is 306 Å². The van der Waals surface area contributed by atoms with Crippen LogP contribution in [0.25, 0.3) is 20.5 Å². The molecule has 5 nitrogen and oxygen atoms in total. The highest BCUT2D eigenvalue weighted by molar-refractivity contribution is 7.22. The topological polar surface area (TPSA) is 56.8 Å². The lowest BCUT2D eigenvalue weighted by Gasteiger charge is -2.43. The van der Waals surface area contributed by atoms with Crippen LogP contribution in [0.4, 0.5) is 0 Å². The number of hydrogen-bond acceptors (Lipinski definition) is 6. The van der Waals surface area contributed by atoms with Gasteiger partial charge in [-0.1, -0.05) is 112 Å². The van der Waals surface area contributed by atoms with Crippen LogP contribution in [0.3, 0.4) is 0 Å². The molecule has 1 aromatic heterocycles. The Morgan fingerprint density at radius 2 is 1.43 bits per heavy atom. The quantitative estimate of drug-likeness (QED) is 0.101. The van der Waals surface area contributed by atoms with E-state index in [0.29, 0.717) is 18.2 Å². The van der Waals surface area contributed by atoms with Crippen LogP contribution in [0.2, 0.25) is 5.04 Å². The first kappa shape index (κ1) is 34.7. The minimum atomic E-state index is -2.82. The summed E-state index contributed by atoms with van der Waals surface area (Å²) in [6, 6.07) is 43.9. The lowest BCUT2D eigenvalue weighted by molar-refractivity contribution is 0.112. The molecule has 7 rings (SSSR count). The molecule has 0 saturated carbocycles. The van der Waals surface area contributed by atoms with E-state index in [4.69, 9.17) is 13.9 Å². The number of rotatable bonds is 12. The van der Waals surface area contributed by atoms with Crippen molar-refractivity contribution >= 4 is 46.4 Å². The third kappa shape index (κ3) is 7.52. The summed E-state index contributed by atoms with van der Waals surface area (Å²) in [5, 5.41) is 6.89. The molecule has 6 aromatic rings. The van der Waals surface area contributed by atoms with Gasteiger partial charge in [0.15, 0.2) is 5.75 Å². The van der Waals surface area contributed by atoms with Crippen molar-refractivity contribution in [3.8, 4) is 33.4 Å². The van der Waals surface area contributed by atoms with Crippen molar-refractivity contribution in [1.29, 1.82) is 0 Å². The molecular formula is C44H45NO4SSi. The Hall–Kier alpha value is -4.69. The summed E-state index contributed by atoms with van der Waals surface area (Å²) in [5.41, 5.74) is 1.63. The maximum atomic E-state index is 11.5. The van der Waals surface area contributed by atoms with E-state index in [2.05, 4.69) is 105 Å². The van der Waals surface area contributed by atoms with Gasteiger partial charge in [-0.3, -0.25) is 4.79 Å². The van der Waals surface area contributed by atoms with Crippen LogP contribution in [-0.4, -0.2) is 33.8 Å². The van der Waals surface area contributed by atoms with Crippen LogP contribution in [0.1, 0.15) is 56.8 Å². The van der Waals surface area contributed by atoms with Gasteiger partial charge in [-0.05, 0) is 89.2 Å². The molecule has 0 radical (unpaired) electrons. The second-order valence-electron chi connectivity index (χ2n) is 14.3. The molecule has 1 saturated heterocycles. The zero-order chi connectivity index (χ0) is 35.3. The number of piperidine rings is 1. The van der Waals surface area contributed by atoms with Gasteiger partial charge in [-0.25, -0.2) is 0 Å². The first-order chi connectivity index (χ1) is 24.8. The number of fused-ring (bicyclic) bond motifs is 1. The molecule has 5 aromatic carbocycles. The monoisotopic (exact) mass is 711 g/mol. The smallest absolute Gasteiger partial charge is 0.319 e. The van der Waals surface area contributed by atoms with E-state index in [9.17, 15) is 4.79 Å². The third-order valence-electron chi connectivity index (χ3n) is 9.80. The van der Waals surface area contributed by atoms with E-state index in [0.717, 1.165) is 62.8 Å². The van der Waals surface area contributed by atoms with Gasteiger partial charge in [0.25, 0.3) is 0 Å². The molecule has 260 valence electrons. The van der Waals surface area contributed by atoms with Gasteiger partial charge < -0.3 is 19.2 Å². The second-order valence-corrected chi connectivity index (χ2v) is 19.6. The Morgan fingerprint density at radius 1 is 0.784 bits per heavy atom. The van der Waals surface area contributed by atoms with Crippen LogP contribution in [-0.2, 0) is 0 Å². The molecule has 1 unspecified atom stereocenters. The van der Waals surface area contributed by atoms with Gasteiger partial charge in [-0.2, -0.15) is 0 Å². The largest absolute Gasteiger partial charge is 0.534 e. The summed E-state index contributed by atoms with van der Waals surface area (Å²) < 4.78 is 21.2. The molecule has 1 atom stereocenters. The van der Waals surface area contributed by atoms with Crippen LogP contribution in [0, 0.1) is 0 Å². The molecule has 7 heteroatoms. The van der Waals surface area contributed by atoms with E-state index in [1.807, 2.05) is 48.5 Å². The standard InChI is InChI=1S/C44H45NO4SSi/c1-44(2,3)51(38-13-6-4-7-14-38,39-15-8-5-9-16-39)49-37-25-26-40-41(30-37)50-43(33-19-17-32(31-46)18-20-33)42(40)48-36-23-21-35(22-24-36)47-29-27-34-12-10-11-28-45-34/h4-9,13-26,30-31,34,45H,10-12,27-29H2,1-3H3. The Bertz CT molecular complexity index is 2010. The Kier molecular flexibility index (Phi) is 10.4. The van der Waals surface area contributed by atoms with Gasteiger partial charge in [0.05, 0.1) is 11.5 Å². The van der Waals surface area contributed by atoms with Crippen LogP contribution < -0.4 is 29.6 Å². The van der Waals surface area contributed by atoms with E-state index < -0.39 is 8.32 Å². The molecule has 1 fully saturated rings. The van der Waals surface area contributed by atoms with Crippen molar-refractivity contribution in [3.63, 3.8) is 0 Å². The molecule has 0 amide bonds. The van der Waals surface area contributed by atoms with Crippen molar-refractivity contribution in [2.24, 2.45) is 0 Å². The number of carbonyl (C=O) groups is 1. The zero-order valence-corrected chi connectivity index (χ0v) is 31.4. The summed E-state index contributed by atoms with van der Waals surface area (Å²) in [6.07, 6.45) is 5.65. The average Bonchev–Trinajstić information content (AvgIpc) is 3.52. The summed E-state index contributed by atoms with van der Waals surface area (Å²) in [6.45, 7) is 8.67. The Morgan fingerprint density at radius 3 is 2.04 bits per heavy atom. The lowest BCUT2D eigenvalue weighted by atomic mass is 10.0. The predicted molar refractivity (Wildman–Crippen MR) is 213 cm³/mol. The summed E-state index contributed by atoms with van der Waals surface area (Å²) in [5.74, 6) is 3.18. The normalized spacial score (nSPS) is 15.0. The highest BCUT2D eigenvalue weighted by Crippen LogP contribution is 2.48. The fourth-order valence-corrected chi connectivity index (χ4v) is 12.7.